The van der Waals surface area contributed by atoms with Crippen LogP contribution in [0, 0.1) is 17.3 Å². The second-order valence-corrected chi connectivity index (χ2v) is 7.82. The Morgan fingerprint density at radius 2 is 1.75 bits per heavy atom. The molecule has 20 heavy (non-hydrogen) atoms. The molecule has 1 aliphatic carbocycles. The van der Waals surface area contributed by atoms with Crippen molar-refractivity contribution in [3.63, 3.8) is 0 Å². The summed E-state index contributed by atoms with van der Waals surface area (Å²) in [4.78, 5) is 4.94. The average Bonchev–Trinajstić information content (AvgIpc) is 2.38. The van der Waals surface area contributed by atoms with Crippen molar-refractivity contribution in [2.75, 3.05) is 46.8 Å². The second kappa shape index (κ2) is 8.35. The summed E-state index contributed by atoms with van der Waals surface area (Å²) in [6, 6.07) is 0. The van der Waals surface area contributed by atoms with Gasteiger partial charge >= 0.3 is 0 Å². The van der Waals surface area contributed by atoms with Crippen LogP contribution in [0.25, 0.3) is 0 Å². The van der Waals surface area contributed by atoms with Crippen LogP contribution >= 0.6 is 0 Å². The van der Waals surface area contributed by atoms with Crippen LogP contribution in [0.3, 0.4) is 0 Å². The summed E-state index contributed by atoms with van der Waals surface area (Å²) < 4.78 is 0. The summed E-state index contributed by atoms with van der Waals surface area (Å²) in [5.41, 5.74) is 6.56. The van der Waals surface area contributed by atoms with E-state index in [9.17, 15) is 0 Å². The van der Waals surface area contributed by atoms with Crippen LogP contribution in [0.15, 0.2) is 0 Å². The predicted molar refractivity (Wildman–Crippen MR) is 89.0 cm³/mol. The zero-order valence-corrected chi connectivity index (χ0v) is 14.5. The fourth-order valence-corrected chi connectivity index (χ4v) is 3.37. The Labute approximate surface area is 126 Å². The van der Waals surface area contributed by atoms with Gasteiger partial charge in [0.2, 0.25) is 0 Å². The van der Waals surface area contributed by atoms with Gasteiger partial charge in [-0.15, -0.1) is 0 Å². The molecule has 3 heteroatoms. The first-order valence-corrected chi connectivity index (χ1v) is 8.44. The highest BCUT2D eigenvalue weighted by Crippen LogP contribution is 2.38. The lowest BCUT2D eigenvalue weighted by Gasteiger charge is -2.42. The minimum Gasteiger partial charge on any atom is -0.330 e. The van der Waals surface area contributed by atoms with Crippen LogP contribution in [0.1, 0.15) is 46.5 Å². The Kier molecular flexibility index (Phi) is 7.49. The first kappa shape index (κ1) is 17.9. The minimum atomic E-state index is 0.383. The van der Waals surface area contributed by atoms with E-state index >= 15 is 0 Å². The zero-order valence-electron chi connectivity index (χ0n) is 14.5. The van der Waals surface area contributed by atoms with Crippen LogP contribution in [-0.2, 0) is 0 Å². The number of nitrogens with zero attached hydrogens (tertiary/aromatic N) is 2. The van der Waals surface area contributed by atoms with E-state index in [1.165, 1.54) is 45.3 Å². The van der Waals surface area contributed by atoms with E-state index < -0.39 is 0 Å². The molecular formula is C17H37N3. The topological polar surface area (TPSA) is 32.5 Å². The van der Waals surface area contributed by atoms with Crippen LogP contribution < -0.4 is 5.73 Å². The van der Waals surface area contributed by atoms with E-state index in [0.717, 1.165) is 24.9 Å². The number of hydrogen-bond acceptors (Lipinski definition) is 3. The molecule has 0 spiro atoms. The lowest BCUT2D eigenvalue weighted by molar-refractivity contribution is 0.0839. The van der Waals surface area contributed by atoms with E-state index in [2.05, 4.69) is 44.7 Å². The summed E-state index contributed by atoms with van der Waals surface area (Å²) >= 11 is 0. The summed E-state index contributed by atoms with van der Waals surface area (Å²) in [5.74, 6) is 1.63. The SMILES string of the molecule is CC(C)CN(CCN(C)C)CC1(CN)CCC(C)CC1. The predicted octanol–water partition coefficient (Wildman–Crippen LogP) is 2.66. The van der Waals surface area contributed by atoms with Crippen molar-refractivity contribution in [2.24, 2.45) is 23.0 Å². The monoisotopic (exact) mass is 283 g/mol. The van der Waals surface area contributed by atoms with Crippen molar-refractivity contribution in [2.45, 2.75) is 46.5 Å². The van der Waals surface area contributed by atoms with Crippen LogP contribution in [-0.4, -0.2) is 56.6 Å². The summed E-state index contributed by atoms with van der Waals surface area (Å²) in [5, 5.41) is 0. The van der Waals surface area contributed by atoms with E-state index in [1.54, 1.807) is 0 Å². The van der Waals surface area contributed by atoms with Crippen molar-refractivity contribution in [1.82, 2.24) is 9.80 Å². The fraction of sp³-hybridized carbons (Fsp3) is 1.00. The Morgan fingerprint density at radius 3 is 2.20 bits per heavy atom. The molecule has 1 rings (SSSR count). The minimum absolute atomic E-state index is 0.383. The van der Waals surface area contributed by atoms with Gasteiger partial charge in [-0.1, -0.05) is 33.6 Å². The fourth-order valence-electron chi connectivity index (χ4n) is 3.37. The molecule has 0 bridgehead atoms. The van der Waals surface area contributed by atoms with Gasteiger partial charge in [-0.25, -0.2) is 0 Å². The molecule has 120 valence electrons. The van der Waals surface area contributed by atoms with Crippen LogP contribution in [0.2, 0.25) is 0 Å². The molecule has 0 heterocycles. The molecule has 2 N–H and O–H groups in total. The normalized spacial score (nSPS) is 27.8. The molecule has 3 nitrogen and oxygen atoms in total. The zero-order chi connectivity index (χ0) is 15.2. The van der Waals surface area contributed by atoms with Crippen molar-refractivity contribution in [3.05, 3.63) is 0 Å². The van der Waals surface area contributed by atoms with Gasteiger partial charge in [-0.2, -0.15) is 0 Å². The average molecular weight is 284 g/mol. The molecule has 0 saturated heterocycles. The summed E-state index contributed by atoms with van der Waals surface area (Å²) in [7, 11) is 4.32. The van der Waals surface area contributed by atoms with Crippen molar-refractivity contribution in [1.29, 1.82) is 0 Å². The van der Waals surface area contributed by atoms with Gasteiger partial charge in [-0.05, 0) is 50.7 Å². The summed E-state index contributed by atoms with van der Waals surface area (Å²) in [6.07, 6.45) is 5.36. The molecule has 0 amide bonds. The highest BCUT2D eigenvalue weighted by molar-refractivity contribution is 4.88. The number of hydrogen-bond donors (Lipinski definition) is 1. The third-order valence-corrected chi connectivity index (χ3v) is 4.81. The van der Waals surface area contributed by atoms with Gasteiger partial charge in [0, 0.05) is 26.2 Å². The Balaban J connectivity index is 2.60. The standard InChI is InChI=1S/C17H37N3/c1-15(2)12-20(11-10-19(4)5)14-17(13-18)8-6-16(3)7-9-17/h15-16H,6-14,18H2,1-5H3. The Bertz CT molecular complexity index is 255. The molecule has 0 aromatic heterocycles. The van der Waals surface area contributed by atoms with Gasteiger partial charge < -0.3 is 15.5 Å². The van der Waals surface area contributed by atoms with Crippen molar-refractivity contribution in [3.8, 4) is 0 Å². The number of rotatable bonds is 8. The third kappa shape index (κ3) is 6.11. The third-order valence-electron chi connectivity index (χ3n) is 4.81. The highest BCUT2D eigenvalue weighted by Gasteiger charge is 2.34. The molecule has 0 aromatic carbocycles. The van der Waals surface area contributed by atoms with Gasteiger partial charge in [0.25, 0.3) is 0 Å². The van der Waals surface area contributed by atoms with Gasteiger partial charge in [0.1, 0.15) is 0 Å². The summed E-state index contributed by atoms with van der Waals surface area (Å²) in [6.45, 7) is 12.6. The maximum Gasteiger partial charge on any atom is 0.0109 e. The Morgan fingerprint density at radius 1 is 1.15 bits per heavy atom. The van der Waals surface area contributed by atoms with Crippen molar-refractivity contribution < 1.29 is 0 Å². The maximum atomic E-state index is 6.18. The molecule has 0 aliphatic heterocycles. The second-order valence-electron chi connectivity index (χ2n) is 7.82. The smallest absolute Gasteiger partial charge is 0.0109 e. The van der Waals surface area contributed by atoms with E-state index in [1.807, 2.05) is 0 Å². The van der Waals surface area contributed by atoms with E-state index in [0.29, 0.717) is 5.41 Å². The molecule has 0 unspecified atom stereocenters. The molecular weight excluding hydrogens is 246 g/mol. The van der Waals surface area contributed by atoms with Crippen LogP contribution in [0.4, 0.5) is 0 Å². The lowest BCUT2D eigenvalue weighted by Crippen LogP contribution is -2.47. The van der Waals surface area contributed by atoms with E-state index in [4.69, 9.17) is 5.73 Å². The van der Waals surface area contributed by atoms with Crippen molar-refractivity contribution >= 4 is 0 Å². The maximum absolute atomic E-state index is 6.18. The van der Waals surface area contributed by atoms with Gasteiger partial charge in [0.15, 0.2) is 0 Å². The molecule has 1 saturated carbocycles. The first-order valence-electron chi connectivity index (χ1n) is 8.44. The lowest BCUT2D eigenvalue weighted by atomic mass is 9.70. The van der Waals surface area contributed by atoms with Crippen LogP contribution in [0.5, 0.6) is 0 Å². The van der Waals surface area contributed by atoms with Gasteiger partial charge in [-0.3, -0.25) is 0 Å². The molecule has 0 aromatic rings. The molecule has 1 fully saturated rings. The molecule has 0 radical (unpaired) electrons. The Hall–Kier alpha value is -0.120. The largest absolute Gasteiger partial charge is 0.330 e. The van der Waals surface area contributed by atoms with Gasteiger partial charge in [0.05, 0.1) is 0 Å². The molecule has 1 aliphatic rings. The van der Waals surface area contributed by atoms with E-state index in [-0.39, 0.29) is 0 Å². The first-order chi connectivity index (χ1) is 9.37. The molecule has 0 atom stereocenters. The number of nitrogens with two attached hydrogens (primary N) is 1. The highest BCUT2D eigenvalue weighted by atomic mass is 15.2. The quantitative estimate of drug-likeness (QED) is 0.743. The number of likely N-dealkylation sites (N-methyl/N-ethyl adjacent to an activating group) is 1.